The zero-order valence-corrected chi connectivity index (χ0v) is 14.4. The highest BCUT2D eigenvalue weighted by atomic mass is 16.2. The van der Waals surface area contributed by atoms with Crippen LogP contribution in [0.3, 0.4) is 0 Å². The Bertz CT molecular complexity index is 626. The molecule has 1 heterocycles. The third-order valence-corrected chi connectivity index (χ3v) is 4.84. The molecule has 4 nitrogen and oxygen atoms in total. The Balaban J connectivity index is 2.56. The number of rotatable bonds is 2. The lowest BCUT2D eigenvalue weighted by Gasteiger charge is -2.29. The summed E-state index contributed by atoms with van der Waals surface area (Å²) in [6, 6.07) is 6.32. The number of nitrogens with two attached hydrogens (primary N) is 1. The van der Waals surface area contributed by atoms with E-state index in [0.717, 1.165) is 11.3 Å². The molecule has 0 aliphatic carbocycles. The first-order valence-corrected chi connectivity index (χ1v) is 7.71. The van der Waals surface area contributed by atoms with E-state index in [1.54, 1.807) is 4.90 Å². The molecule has 0 radical (unpaired) electrons. The highest BCUT2D eigenvalue weighted by Gasteiger charge is 2.44. The highest BCUT2D eigenvalue weighted by Crippen LogP contribution is 2.46. The first kappa shape index (κ1) is 16.5. The number of nitrogens with zero attached hydrogens (tertiary/aromatic N) is 1. The smallest absolute Gasteiger partial charge is 0.236 e. The normalized spacial score (nSPS) is 19.9. The summed E-state index contributed by atoms with van der Waals surface area (Å²) in [7, 11) is 0. The molecule has 0 fully saturated rings. The van der Waals surface area contributed by atoms with E-state index < -0.39 is 5.91 Å². The lowest BCUT2D eigenvalue weighted by molar-refractivity contribution is -0.126. The Morgan fingerprint density at radius 3 is 2.36 bits per heavy atom. The van der Waals surface area contributed by atoms with Crippen LogP contribution in [0.1, 0.15) is 59.1 Å². The van der Waals surface area contributed by atoms with Gasteiger partial charge in [-0.3, -0.25) is 9.59 Å². The van der Waals surface area contributed by atoms with E-state index in [1.165, 1.54) is 5.56 Å². The van der Waals surface area contributed by atoms with Crippen LogP contribution in [0.4, 0.5) is 5.69 Å². The van der Waals surface area contributed by atoms with E-state index in [2.05, 4.69) is 52.8 Å². The number of fused-ring (bicyclic) bond motifs is 1. The van der Waals surface area contributed by atoms with Crippen LogP contribution in [0.25, 0.3) is 0 Å². The van der Waals surface area contributed by atoms with Gasteiger partial charge in [-0.1, -0.05) is 46.8 Å². The second-order valence-corrected chi connectivity index (χ2v) is 7.79. The highest BCUT2D eigenvalue weighted by molar-refractivity contribution is 6.06. The van der Waals surface area contributed by atoms with Crippen LogP contribution in [0.2, 0.25) is 0 Å². The average Bonchev–Trinajstić information content (AvgIpc) is 2.55. The van der Waals surface area contributed by atoms with E-state index in [1.807, 2.05) is 6.92 Å². The number of carbonyl (C=O) groups is 2. The van der Waals surface area contributed by atoms with Crippen molar-refractivity contribution in [3.05, 3.63) is 29.3 Å². The second kappa shape index (κ2) is 5.11. The van der Waals surface area contributed by atoms with E-state index >= 15 is 0 Å². The Morgan fingerprint density at radius 2 is 1.86 bits per heavy atom. The molecule has 22 heavy (non-hydrogen) atoms. The Labute approximate surface area is 132 Å². The molecule has 1 atom stereocenters. The van der Waals surface area contributed by atoms with Crippen molar-refractivity contribution in [3.63, 3.8) is 0 Å². The minimum absolute atomic E-state index is 0.00338. The van der Waals surface area contributed by atoms with Gasteiger partial charge in [0.2, 0.25) is 11.8 Å². The quantitative estimate of drug-likeness (QED) is 0.854. The first-order valence-electron chi connectivity index (χ1n) is 7.71. The van der Waals surface area contributed by atoms with Gasteiger partial charge in [0.05, 0.1) is 0 Å². The minimum Gasteiger partial charge on any atom is -0.369 e. The van der Waals surface area contributed by atoms with E-state index in [9.17, 15) is 9.59 Å². The fourth-order valence-electron chi connectivity index (χ4n) is 3.08. The van der Waals surface area contributed by atoms with Crippen molar-refractivity contribution in [1.82, 2.24) is 0 Å². The zero-order chi connectivity index (χ0) is 16.9. The predicted octanol–water partition coefficient (Wildman–Crippen LogP) is 2.87. The van der Waals surface area contributed by atoms with Gasteiger partial charge in [-0.05, 0) is 29.5 Å². The molecule has 4 heteroatoms. The van der Waals surface area contributed by atoms with Gasteiger partial charge in [0.1, 0.15) is 6.42 Å². The lowest BCUT2D eigenvalue weighted by Crippen LogP contribution is -2.43. The topological polar surface area (TPSA) is 63.4 Å². The maximum absolute atomic E-state index is 12.5. The van der Waals surface area contributed by atoms with E-state index in [4.69, 9.17) is 5.73 Å². The molecule has 0 saturated heterocycles. The molecule has 1 aliphatic rings. The third kappa shape index (κ3) is 2.62. The second-order valence-electron chi connectivity index (χ2n) is 7.79. The molecule has 1 aromatic rings. The number of hydrogen-bond acceptors (Lipinski definition) is 2. The summed E-state index contributed by atoms with van der Waals surface area (Å²) in [6.07, 6.45) is -0.250. The van der Waals surface area contributed by atoms with Gasteiger partial charge < -0.3 is 10.6 Å². The largest absolute Gasteiger partial charge is 0.369 e. The van der Waals surface area contributed by atoms with E-state index in [-0.39, 0.29) is 29.2 Å². The molecule has 1 aromatic carbocycles. The molecule has 0 aromatic heterocycles. The Hall–Kier alpha value is -1.84. The summed E-state index contributed by atoms with van der Waals surface area (Å²) >= 11 is 0. The Morgan fingerprint density at radius 1 is 1.27 bits per heavy atom. The number of hydrogen-bond donors (Lipinski definition) is 1. The fourth-order valence-corrected chi connectivity index (χ4v) is 3.08. The third-order valence-electron chi connectivity index (χ3n) is 4.84. The van der Waals surface area contributed by atoms with Crippen molar-refractivity contribution in [2.75, 3.05) is 4.90 Å². The van der Waals surface area contributed by atoms with Gasteiger partial charge in [0.15, 0.2) is 0 Å². The molecule has 0 saturated carbocycles. The van der Waals surface area contributed by atoms with Gasteiger partial charge in [-0.2, -0.15) is 0 Å². The van der Waals surface area contributed by atoms with Crippen LogP contribution in [-0.4, -0.2) is 17.9 Å². The van der Waals surface area contributed by atoms with Crippen LogP contribution in [0.15, 0.2) is 18.2 Å². The summed E-state index contributed by atoms with van der Waals surface area (Å²) in [6.45, 7) is 12.7. The molecular formula is C18H26N2O2. The van der Waals surface area contributed by atoms with Crippen molar-refractivity contribution in [2.45, 2.75) is 64.8 Å². The summed E-state index contributed by atoms with van der Waals surface area (Å²) in [5.74, 6) is -0.812. The summed E-state index contributed by atoms with van der Waals surface area (Å²) in [4.78, 5) is 25.4. The molecule has 2 rings (SSSR count). The average molecular weight is 302 g/mol. The van der Waals surface area contributed by atoms with Crippen molar-refractivity contribution >= 4 is 17.5 Å². The van der Waals surface area contributed by atoms with Gasteiger partial charge >= 0.3 is 0 Å². The van der Waals surface area contributed by atoms with Crippen molar-refractivity contribution in [1.29, 1.82) is 0 Å². The maximum atomic E-state index is 12.5. The number of anilines is 1. The van der Waals surface area contributed by atoms with Gasteiger partial charge in [-0.25, -0.2) is 0 Å². The Kier molecular flexibility index (Phi) is 3.84. The summed E-state index contributed by atoms with van der Waals surface area (Å²) in [5.41, 5.74) is 8.29. The van der Waals surface area contributed by atoms with Gasteiger partial charge in [-0.15, -0.1) is 0 Å². The van der Waals surface area contributed by atoms with Crippen LogP contribution in [-0.2, 0) is 20.4 Å². The predicted molar refractivity (Wildman–Crippen MR) is 88.9 cm³/mol. The first-order chi connectivity index (χ1) is 9.96. The van der Waals surface area contributed by atoms with Crippen molar-refractivity contribution < 1.29 is 9.59 Å². The SMILES string of the molecule is CC1N(C(=O)CC(N)=O)c2cc(C(C)(C)C)ccc2C1(C)C. The molecule has 1 unspecified atom stereocenters. The maximum Gasteiger partial charge on any atom is 0.236 e. The molecular weight excluding hydrogens is 276 g/mol. The number of amides is 2. The monoisotopic (exact) mass is 302 g/mol. The fraction of sp³-hybridized carbons (Fsp3) is 0.556. The van der Waals surface area contributed by atoms with Crippen molar-refractivity contribution in [2.24, 2.45) is 5.73 Å². The number of primary amides is 1. The van der Waals surface area contributed by atoms with Crippen LogP contribution in [0, 0.1) is 0 Å². The number of carbonyl (C=O) groups excluding carboxylic acids is 2. The number of benzene rings is 1. The van der Waals surface area contributed by atoms with Gasteiger partial charge in [0, 0.05) is 17.1 Å². The van der Waals surface area contributed by atoms with Crippen molar-refractivity contribution in [3.8, 4) is 0 Å². The molecule has 0 spiro atoms. The standard InChI is InChI=1S/C18H26N2O2/c1-11-18(5,6)13-8-7-12(17(2,3)4)9-14(13)20(11)16(22)10-15(19)21/h7-9,11H,10H2,1-6H3,(H2,19,21). The minimum atomic E-state index is -0.588. The van der Waals surface area contributed by atoms with Gasteiger partial charge in [0.25, 0.3) is 0 Å². The zero-order valence-electron chi connectivity index (χ0n) is 14.4. The molecule has 2 amide bonds. The summed E-state index contributed by atoms with van der Waals surface area (Å²) < 4.78 is 0. The summed E-state index contributed by atoms with van der Waals surface area (Å²) in [5, 5.41) is 0. The molecule has 2 N–H and O–H groups in total. The van der Waals surface area contributed by atoms with E-state index in [0.29, 0.717) is 0 Å². The van der Waals surface area contributed by atoms with Crippen LogP contribution >= 0.6 is 0 Å². The van der Waals surface area contributed by atoms with Crippen LogP contribution < -0.4 is 10.6 Å². The lowest BCUT2D eigenvalue weighted by atomic mass is 9.79. The molecule has 1 aliphatic heterocycles. The molecule has 0 bridgehead atoms. The molecule has 120 valence electrons. The van der Waals surface area contributed by atoms with Crippen LogP contribution in [0.5, 0.6) is 0 Å².